The number of pyridine rings is 1. The third kappa shape index (κ3) is 4.12. The number of nitrogens with zero attached hydrogens (tertiary/aromatic N) is 4. The molecule has 3 aromatic heterocycles. The van der Waals surface area contributed by atoms with E-state index in [-0.39, 0.29) is 13.2 Å². The van der Waals surface area contributed by atoms with Crippen LogP contribution in [0.3, 0.4) is 0 Å². The van der Waals surface area contributed by atoms with Crippen molar-refractivity contribution in [1.29, 1.82) is 0 Å². The minimum absolute atomic E-state index is 0.0365. The Morgan fingerprint density at radius 1 is 1.19 bits per heavy atom. The summed E-state index contributed by atoms with van der Waals surface area (Å²) in [5, 5.41) is 22.9. The summed E-state index contributed by atoms with van der Waals surface area (Å²) in [6.07, 6.45) is 1.76. The van der Waals surface area contributed by atoms with Gasteiger partial charge < -0.3 is 20.4 Å². The average Bonchev–Trinajstić information content (AvgIpc) is 2.94. The third-order valence-corrected chi connectivity index (χ3v) is 6.08. The number of hydrogen-bond donors (Lipinski definition) is 3. The van der Waals surface area contributed by atoms with Gasteiger partial charge in [-0.15, -0.1) is 11.3 Å². The standard InChI is InChI=1S/C17H20BrN5O2S/c1-11-14(18)13-15(20-10-12-4-2-3-5-19-12)21-17(22-16(13)26-11)23(6-8-24)7-9-25/h2-5,24-25H,6-10H2,1H3,(H,20,21,22). The molecule has 0 spiro atoms. The molecule has 3 N–H and O–H groups in total. The van der Waals surface area contributed by atoms with Crippen LogP contribution in [0.1, 0.15) is 10.6 Å². The first kappa shape index (κ1) is 19.0. The summed E-state index contributed by atoms with van der Waals surface area (Å²) in [7, 11) is 0. The first-order valence-electron chi connectivity index (χ1n) is 8.21. The Balaban J connectivity index is 2.00. The molecule has 0 saturated carbocycles. The van der Waals surface area contributed by atoms with Crippen molar-refractivity contribution in [3.8, 4) is 0 Å². The van der Waals surface area contributed by atoms with Crippen LogP contribution in [0.5, 0.6) is 0 Å². The van der Waals surface area contributed by atoms with Crippen molar-refractivity contribution in [2.45, 2.75) is 13.5 Å². The normalized spacial score (nSPS) is 11.1. The highest BCUT2D eigenvalue weighted by Crippen LogP contribution is 2.38. The highest BCUT2D eigenvalue weighted by atomic mass is 79.9. The van der Waals surface area contributed by atoms with Gasteiger partial charge in [-0.1, -0.05) is 6.07 Å². The smallest absolute Gasteiger partial charge is 0.228 e. The number of rotatable bonds is 8. The maximum Gasteiger partial charge on any atom is 0.228 e. The van der Waals surface area contributed by atoms with E-state index in [2.05, 4.69) is 36.2 Å². The van der Waals surface area contributed by atoms with Gasteiger partial charge in [-0.2, -0.15) is 4.98 Å². The van der Waals surface area contributed by atoms with Crippen LogP contribution in [0.2, 0.25) is 0 Å². The molecule has 0 unspecified atom stereocenters. The van der Waals surface area contributed by atoms with Crippen molar-refractivity contribution in [2.24, 2.45) is 0 Å². The lowest BCUT2D eigenvalue weighted by Gasteiger charge is -2.21. The van der Waals surface area contributed by atoms with Crippen LogP contribution in [0.4, 0.5) is 11.8 Å². The second-order valence-electron chi connectivity index (χ2n) is 5.63. The largest absolute Gasteiger partial charge is 0.395 e. The molecule has 3 rings (SSSR count). The van der Waals surface area contributed by atoms with Crippen LogP contribution in [-0.4, -0.2) is 51.5 Å². The topological polar surface area (TPSA) is 94.4 Å². The molecule has 0 radical (unpaired) electrons. The zero-order chi connectivity index (χ0) is 18.5. The monoisotopic (exact) mass is 437 g/mol. The van der Waals surface area contributed by atoms with Crippen LogP contribution in [0, 0.1) is 6.92 Å². The summed E-state index contributed by atoms with van der Waals surface area (Å²) in [4.78, 5) is 17.4. The third-order valence-electron chi connectivity index (χ3n) is 3.83. The molecule has 0 amide bonds. The van der Waals surface area contributed by atoms with Crippen LogP contribution in [-0.2, 0) is 6.54 Å². The van der Waals surface area contributed by atoms with E-state index in [0.29, 0.717) is 31.4 Å². The lowest BCUT2D eigenvalue weighted by Crippen LogP contribution is -2.31. The van der Waals surface area contributed by atoms with Gasteiger partial charge in [0, 0.05) is 28.6 Å². The fraction of sp³-hybridized carbons (Fsp3) is 0.353. The van der Waals surface area contributed by atoms with Gasteiger partial charge in [0.2, 0.25) is 5.95 Å². The summed E-state index contributed by atoms with van der Waals surface area (Å²) >= 11 is 5.21. The number of hydrogen-bond acceptors (Lipinski definition) is 8. The molecule has 0 aromatic carbocycles. The van der Waals surface area contributed by atoms with Gasteiger partial charge in [-0.05, 0) is 35.0 Å². The molecule has 26 heavy (non-hydrogen) atoms. The number of fused-ring (bicyclic) bond motifs is 1. The van der Waals surface area contributed by atoms with Crippen LogP contribution in [0.25, 0.3) is 10.2 Å². The average molecular weight is 438 g/mol. The van der Waals surface area contributed by atoms with E-state index < -0.39 is 0 Å². The van der Waals surface area contributed by atoms with Gasteiger partial charge in [0.1, 0.15) is 10.6 Å². The molecule has 9 heteroatoms. The van der Waals surface area contributed by atoms with Gasteiger partial charge in [-0.25, -0.2) is 4.98 Å². The van der Waals surface area contributed by atoms with Crippen molar-refractivity contribution in [1.82, 2.24) is 15.0 Å². The van der Waals surface area contributed by atoms with Gasteiger partial charge >= 0.3 is 0 Å². The Hall–Kier alpha value is -1.81. The van der Waals surface area contributed by atoms with Crippen molar-refractivity contribution in [3.05, 3.63) is 39.4 Å². The molecule has 0 fully saturated rings. The summed E-state index contributed by atoms with van der Waals surface area (Å²) in [5.41, 5.74) is 0.909. The number of aromatic nitrogens is 3. The SMILES string of the molecule is Cc1sc2nc(N(CCO)CCO)nc(NCc3ccccn3)c2c1Br. The van der Waals surface area contributed by atoms with Gasteiger partial charge in [-0.3, -0.25) is 4.98 Å². The predicted molar refractivity (Wildman–Crippen MR) is 108 cm³/mol. The number of halogens is 1. The number of aryl methyl sites for hydroxylation is 1. The Labute approximate surface area is 163 Å². The highest BCUT2D eigenvalue weighted by Gasteiger charge is 2.18. The molecule has 138 valence electrons. The first-order valence-corrected chi connectivity index (χ1v) is 9.82. The number of anilines is 2. The fourth-order valence-corrected chi connectivity index (χ4v) is 4.23. The number of aliphatic hydroxyl groups excluding tert-OH is 2. The lowest BCUT2D eigenvalue weighted by molar-refractivity contribution is 0.280. The fourth-order valence-electron chi connectivity index (χ4n) is 2.57. The molecule has 3 heterocycles. The maximum atomic E-state index is 9.30. The maximum absolute atomic E-state index is 9.30. The van der Waals surface area contributed by atoms with E-state index >= 15 is 0 Å². The predicted octanol–water partition coefficient (Wildman–Crippen LogP) is 2.56. The minimum Gasteiger partial charge on any atom is -0.395 e. The second kappa shape index (κ2) is 8.72. The van der Waals surface area contributed by atoms with E-state index in [0.717, 1.165) is 25.3 Å². The van der Waals surface area contributed by atoms with Crippen LogP contribution < -0.4 is 10.2 Å². The molecular formula is C17H20BrN5O2S. The molecule has 0 aliphatic rings. The number of nitrogens with one attached hydrogen (secondary N) is 1. The summed E-state index contributed by atoms with van der Waals surface area (Å²) in [6.45, 7) is 3.20. The number of aliphatic hydroxyl groups is 2. The first-order chi connectivity index (χ1) is 12.6. The van der Waals surface area contributed by atoms with Gasteiger partial charge in [0.15, 0.2) is 0 Å². The van der Waals surface area contributed by atoms with E-state index in [1.54, 1.807) is 22.4 Å². The quantitative estimate of drug-likeness (QED) is 0.498. The molecule has 0 aliphatic heterocycles. The van der Waals surface area contributed by atoms with Crippen LogP contribution >= 0.6 is 27.3 Å². The zero-order valence-electron chi connectivity index (χ0n) is 14.3. The molecule has 0 aliphatic carbocycles. The van der Waals surface area contributed by atoms with Crippen LogP contribution in [0.15, 0.2) is 28.9 Å². The molecule has 7 nitrogen and oxygen atoms in total. The highest BCUT2D eigenvalue weighted by molar-refractivity contribution is 9.10. The molecular weight excluding hydrogens is 418 g/mol. The van der Waals surface area contributed by atoms with Gasteiger partial charge in [0.25, 0.3) is 0 Å². The summed E-state index contributed by atoms with van der Waals surface area (Å²) in [5.74, 6) is 1.19. The van der Waals surface area contributed by atoms with Gasteiger partial charge in [0.05, 0.1) is 30.8 Å². The Bertz CT molecular complexity index is 868. The van der Waals surface area contributed by atoms with Crippen molar-refractivity contribution in [3.63, 3.8) is 0 Å². The van der Waals surface area contributed by atoms with Crippen molar-refractivity contribution in [2.75, 3.05) is 36.5 Å². The van der Waals surface area contributed by atoms with E-state index in [1.165, 1.54) is 0 Å². The van der Waals surface area contributed by atoms with E-state index in [1.807, 2.05) is 25.1 Å². The summed E-state index contributed by atoms with van der Waals surface area (Å²) in [6, 6.07) is 5.77. The molecule has 0 bridgehead atoms. The molecule has 3 aromatic rings. The Morgan fingerprint density at radius 2 is 1.96 bits per heavy atom. The number of thiophene rings is 1. The van der Waals surface area contributed by atoms with E-state index in [9.17, 15) is 10.2 Å². The lowest BCUT2D eigenvalue weighted by atomic mass is 10.3. The van der Waals surface area contributed by atoms with Crippen molar-refractivity contribution >= 4 is 49.2 Å². The Morgan fingerprint density at radius 3 is 2.62 bits per heavy atom. The van der Waals surface area contributed by atoms with Crippen molar-refractivity contribution < 1.29 is 10.2 Å². The summed E-state index contributed by atoms with van der Waals surface area (Å²) < 4.78 is 0.975. The zero-order valence-corrected chi connectivity index (χ0v) is 16.7. The molecule has 0 atom stereocenters. The minimum atomic E-state index is -0.0365. The van der Waals surface area contributed by atoms with E-state index in [4.69, 9.17) is 0 Å². The molecule has 0 saturated heterocycles. The Kier molecular flexibility index (Phi) is 6.36. The second-order valence-corrected chi connectivity index (χ2v) is 7.63.